The Labute approximate surface area is 129 Å². The van der Waals surface area contributed by atoms with Gasteiger partial charge in [0.2, 0.25) is 0 Å². The van der Waals surface area contributed by atoms with E-state index >= 15 is 0 Å². The SMILES string of the molecule is CCCOc1ccc(C(N)CN2CCC(C)CC2C)cc1. The van der Waals surface area contributed by atoms with E-state index in [1.165, 1.54) is 24.9 Å². The molecule has 21 heavy (non-hydrogen) atoms. The Morgan fingerprint density at radius 2 is 2.00 bits per heavy atom. The lowest BCUT2D eigenvalue weighted by molar-refractivity contribution is 0.122. The summed E-state index contributed by atoms with van der Waals surface area (Å²) in [6, 6.07) is 9.01. The molecule has 118 valence electrons. The second-order valence-corrected chi connectivity index (χ2v) is 6.50. The van der Waals surface area contributed by atoms with Crippen LogP contribution in [0.25, 0.3) is 0 Å². The number of piperidine rings is 1. The van der Waals surface area contributed by atoms with Gasteiger partial charge in [-0.05, 0) is 56.3 Å². The summed E-state index contributed by atoms with van der Waals surface area (Å²) < 4.78 is 5.62. The van der Waals surface area contributed by atoms with E-state index in [2.05, 4.69) is 37.8 Å². The maximum atomic E-state index is 6.39. The van der Waals surface area contributed by atoms with Crippen LogP contribution >= 0.6 is 0 Å². The first-order chi connectivity index (χ1) is 10.1. The van der Waals surface area contributed by atoms with E-state index in [9.17, 15) is 0 Å². The molecule has 2 rings (SSSR count). The van der Waals surface area contributed by atoms with Crippen molar-refractivity contribution in [3.63, 3.8) is 0 Å². The van der Waals surface area contributed by atoms with Gasteiger partial charge in [0.1, 0.15) is 5.75 Å². The van der Waals surface area contributed by atoms with Gasteiger partial charge in [-0.1, -0.05) is 26.0 Å². The lowest BCUT2D eigenvalue weighted by atomic mass is 9.92. The maximum absolute atomic E-state index is 6.39. The molecular weight excluding hydrogens is 260 g/mol. The first-order valence-corrected chi connectivity index (χ1v) is 8.32. The second-order valence-electron chi connectivity index (χ2n) is 6.50. The van der Waals surface area contributed by atoms with Crippen molar-refractivity contribution in [3.05, 3.63) is 29.8 Å². The molecule has 0 bridgehead atoms. The van der Waals surface area contributed by atoms with Gasteiger partial charge in [0, 0.05) is 18.6 Å². The van der Waals surface area contributed by atoms with E-state index in [1.807, 2.05) is 12.1 Å². The molecule has 3 nitrogen and oxygen atoms in total. The number of nitrogens with two attached hydrogens (primary N) is 1. The van der Waals surface area contributed by atoms with Crippen molar-refractivity contribution in [1.82, 2.24) is 4.90 Å². The van der Waals surface area contributed by atoms with E-state index in [0.29, 0.717) is 6.04 Å². The van der Waals surface area contributed by atoms with Crippen molar-refractivity contribution in [2.24, 2.45) is 11.7 Å². The highest BCUT2D eigenvalue weighted by atomic mass is 16.5. The molecule has 1 fully saturated rings. The number of hydrogen-bond donors (Lipinski definition) is 1. The summed E-state index contributed by atoms with van der Waals surface area (Å²) >= 11 is 0. The highest BCUT2D eigenvalue weighted by Crippen LogP contribution is 2.24. The normalized spacial score (nSPS) is 24.8. The molecule has 1 heterocycles. The minimum Gasteiger partial charge on any atom is -0.494 e. The van der Waals surface area contributed by atoms with Crippen LogP contribution in [0.2, 0.25) is 0 Å². The van der Waals surface area contributed by atoms with Crippen LogP contribution in [0.3, 0.4) is 0 Å². The third-order valence-electron chi connectivity index (χ3n) is 4.49. The first-order valence-electron chi connectivity index (χ1n) is 8.32. The van der Waals surface area contributed by atoms with Crippen molar-refractivity contribution in [2.75, 3.05) is 19.7 Å². The van der Waals surface area contributed by atoms with Gasteiger partial charge in [-0.2, -0.15) is 0 Å². The number of ether oxygens (including phenoxy) is 1. The van der Waals surface area contributed by atoms with E-state index in [0.717, 1.165) is 31.2 Å². The van der Waals surface area contributed by atoms with Gasteiger partial charge in [-0.15, -0.1) is 0 Å². The molecule has 1 saturated heterocycles. The zero-order valence-corrected chi connectivity index (χ0v) is 13.7. The largest absolute Gasteiger partial charge is 0.494 e. The fourth-order valence-corrected chi connectivity index (χ4v) is 3.12. The van der Waals surface area contributed by atoms with Crippen LogP contribution in [0.5, 0.6) is 5.75 Å². The first kappa shape index (κ1) is 16.3. The summed E-state index contributed by atoms with van der Waals surface area (Å²) in [6.07, 6.45) is 3.61. The molecule has 3 heteroatoms. The molecule has 1 aliphatic rings. The Kier molecular flexibility index (Phi) is 6.07. The van der Waals surface area contributed by atoms with Crippen LogP contribution in [-0.2, 0) is 0 Å². The minimum absolute atomic E-state index is 0.0843. The number of benzene rings is 1. The van der Waals surface area contributed by atoms with Gasteiger partial charge >= 0.3 is 0 Å². The molecule has 0 spiro atoms. The van der Waals surface area contributed by atoms with E-state index < -0.39 is 0 Å². The molecule has 0 amide bonds. The molecule has 0 aromatic heterocycles. The van der Waals surface area contributed by atoms with Gasteiger partial charge in [0.25, 0.3) is 0 Å². The Morgan fingerprint density at radius 1 is 1.29 bits per heavy atom. The van der Waals surface area contributed by atoms with Gasteiger partial charge < -0.3 is 10.5 Å². The predicted octanol–water partition coefficient (Wildman–Crippen LogP) is 3.60. The van der Waals surface area contributed by atoms with E-state index in [4.69, 9.17) is 10.5 Å². The summed E-state index contributed by atoms with van der Waals surface area (Å²) in [4.78, 5) is 2.53. The Balaban J connectivity index is 1.89. The number of rotatable bonds is 6. The Hall–Kier alpha value is -1.06. The van der Waals surface area contributed by atoms with Gasteiger partial charge in [0.05, 0.1) is 6.61 Å². The monoisotopic (exact) mass is 290 g/mol. The second kappa shape index (κ2) is 7.81. The lowest BCUT2D eigenvalue weighted by Gasteiger charge is -2.38. The fourth-order valence-electron chi connectivity index (χ4n) is 3.12. The zero-order chi connectivity index (χ0) is 15.2. The Bertz CT molecular complexity index is 418. The van der Waals surface area contributed by atoms with Crippen molar-refractivity contribution in [1.29, 1.82) is 0 Å². The van der Waals surface area contributed by atoms with Crippen LogP contribution in [0.1, 0.15) is 51.6 Å². The summed E-state index contributed by atoms with van der Waals surface area (Å²) in [7, 11) is 0. The van der Waals surface area contributed by atoms with Crippen LogP contribution in [0.15, 0.2) is 24.3 Å². The molecule has 0 saturated carbocycles. The fraction of sp³-hybridized carbons (Fsp3) is 0.667. The van der Waals surface area contributed by atoms with Crippen LogP contribution < -0.4 is 10.5 Å². The van der Waals surface area contributed by atoms with Gasteiger partial charge in [-0.25, -0.2) is 0 Å². The third kappa shape index (κ3) is 4.72. The van der Waals surface area contributed by atoms with E-state index in [1.54, 1.807) is 0 Å². The van der Waals surface area contributed by atoms with Crippen molar-refractivity contribution < 1.29 is 4.74 Å². The predicted molar refractivity (Wildman–Crippen MR) is 88.6 cm³/mol. The molecule has 2 N–H and O–H groups in total. The number of hydrogen-bond acceptors (Lipinski definition) is 3. The molecule has 1 aliphatic heterocycles. The molecular formula is C18H30N2O. The maximum Gasteiger partial charge on any atom is 0.119 e. The molecule has 1 aromatic rings. The quantitative estimate of drug-likeness (QED) is 0.870. The van der Waals surface area contributed by atoms with Crippen LogP contribution in [0, 0.1) is 5.92 Å². The van der Waals surface area contributed by atoms with Crippen molar-refractivity contribution in [2.45, 2.75) is 52.1 Å². The minimum atomic E-state index is 0.0843. The summed E-state index contributed by atoms with van der Waals surface area (Å²) in [5.41, 5.74) is 7.59. The standard InChI is InChI=1S/C18H30N2O/c1-4-11-21-17-7-5-16(6-8-17)18(19)13-20-10-9-14(2)12-15(20)3/h5-8,14-15,18H,4,9-13,19H2,1-3H3. The van der Waals surface area contributed by atoms with Gasteiger partial charge in [0.15, 0.2) is 0 Å². The van der Waals surface area contributed by atoms with E-state index in [-0.39, 0.29) is 6.04 Å². The summed E-state index contributed by atoms with van der Waals surface area (Å²) in [5.74, 6) is 1.79. The molecule has 0 radical (unpaired) electrons. The van der Waals surface area contributed by atoms with Crippen molar-refractivity contribution >= 4 is 0 Å². The topological polar surface area (TPSA) is 38.5 Å². The van der Waals surface area contributed by atoms with Crippen molar-refractivity contribution in [3.8, 4) is 5.75 Å². The lowest BCUT2D eigenvalue weighted by Crippen LogP contribution is -2.43. The molecule has 3 atom stereocenters. The third-order valence-corrected chi connectivity index (χ3v) is 4.49. The highest BCUT2D eigenvalue weighted by molar-refractivity contribution is 5.29. The Morgan fingerprint density at radius 3 is 2.62 bits per heavy atom. The smallest absolute Gasteiger partial charge is 0.119 e. The van der Waals surface area contributed by atoms with Crippen LogP contribution in [-0.4, -0.2) is 30.6 Å². The average molecular weight is 290 g/mol. The molecule has 0 aliphatic carbocycles. The number of nitrogens with zero attached hydrogens (tertiary/aromatic N) is 1. The average Bonchev–Trinajstić information content (AvgIpc) is 2.48. The highest BCUT2D eigenvalue weighted by Gasteiger charge is 2.24. The number of likely N-dealkylation sites (tertiary alicyclic amines) is 1. The zero-order valence-electron chi connectivity index (χ0n) is 13.7. The van der Waals surface area contributed by atoms with Gasteiger partial charge in [-0.3, -0.25) is 4.90 Å². The molecule has 3 unspecified atom stereocenters. The van der Waals surface area contributed by atoms with Crippen LogP contribution in [0.4, 0.5) is 0 Å². The molecule has 1 aromatic carbocycles. The summed E-state index contributed by atoms with van der Waals surface area (Å²) in [6.45, 7) is 9.68. The summed E-state index contributed by atoms with van der Waals surface area (Å²) in [5, 5.41) is 0.